The maximum absolute atomic E-state index is 6.11. The number of methoxy groups -OCH3 is 1. The van der Waals surface area contributed by atoms with E-state index in [-0.39, 0.29) is 4.83 Å². The number of hydrogen-bond acceptors (Lipinski definition) is 1. The van der Waals surface area contributed by atoms with Crippen LogP contribution in [0.25, 0.3) is 0 Å². The molecule has 0 saturated heterocycles. The molecule has 0 aliphatic heterocycles. The first-order valence-corrected chi connectivity index (χ1v) is 7.43. The summed E-state index contributed by atoms with van der Waals surface area (Å²) in [6, 6.07) is 13.9. The highest BCUT2D eigenvalue weighted by Gasteiger charge is 2.11. The minimum absolute atomic E-state index is 0.119. The molecule has 1 atom stereocenters. The van der Waals surface area contributed by atoms with E-state index in [2.05, 4.69) is 31.9 Å². The summed E-state index contributed by atoms with van der Waals surface area (Å²) in [5.74, 6) is 0.854. The van der Waals surface area contributed by atoms with E-state index in [1.165, 1.54) is 0 Å². The molecule has 1 nitrogen and oxygen atoms in total. The lowest BCUT2D eigenvalue weighted by Gasteiger charge is -2.12. The third kappa shape index (κ3) is 3.08. The Labute approximate surface area is 128 Å². The first-order chi connectivity index (χ1) is 8.61. The van der Waals surface area contributed by atoms with Gasteiger partial charge >= 0.3 is 0 Å². The van der Waals surface area contributed by atoms with Crippen LogP contribution in [0.2, 0.25) is 5.02 Å². The Balaban J connectivity index is 2.28. The number of rotatable bonds is 3. The zero-order valence-corrected chi connectivity index (χ0v) is 13.6. The summed E-state index contributed by atoms with van der Waals surface area (Å²) in [6.45, 7) is 0. The molecule has 0 fully saturated rings. The molecule has 0 saturated carbocycles. The van der Waals surface area contributed by atoms with Crippen LogP contribution in [0, 0.1) is 0 Å². The highest BCUT2D eigenvalue weighted by atomic mass is 79.9. The Morgan fingerprint density at radius 3 is 2.22 bits per heavy atom. The molecule has 2 aromatic rings. The van der Waals surface area contributed by atoms with Gasteiger partial charge in [-0.2, -0.15) is 0 Å². The van der Waals surface area contributed by atoms with Gasteiger partial charge < -0.3 is 4.74 Å². The van der Waals surface area contributed by atoms with Crippen LogP contribution in [0.3, 0.4) is 0 Å². The second kappa shape index (κ2) is 6.09. The Kier molecular flexibility index (Phi) is 4.71. The van der Waals surface area contributed by atoms with Gasteiger partial charge in [-0.3, -0.25) is 0 Å². The van der Waals surface area contributed by atoms with Gasteiger partial charge in [-0.15, -0.1) is 0 Å². The summed E-state index contributed by atoms with van der Waals surface area (Å²) in [5, 5.41) is 0.713. The van der Waals surface area contributed by atoms with Gasteiger partial charge in [0.15, 0.2) is 0 Å². The standard InChI is InChI=1S/C14H11Br2ClO/c1-18-11-5-2-9(3-6-11)14(16)10-4-7-12(15)13(17)8-10/h2-8,14H,1H3. The third-order valence-electron chi connectivity index (χ3n) is 2.64. The lowest BCUT2D eigenvalue weighted by Crippen LogP contribution is -1.93. The third-order valence-corrected chi connectivity index (χ3v) is 4.93. The van der Waals surface area contributed by atoms with Crippen LogP contribution in [-0.4, -0.2) is 7.11 Å². The first kappa shape index (κ1) is 13.9. The molecule has 0 amide bonds. The fourth-order valence-electron chi connectivity index (χ4n) is 1.64. The van der Waals surface area contributed by atoms with E-state index in [1.807, 2.05) is 42.5 Å². The van der Waals surface area contributed by atoms with Crippen LogP contribution in [-0.2, 0) is 0 Å². The Bertz CT molecular complexity index is 540. The fourth-order valence-corrected chi connectivity index (χ4v) is 2.66. The van der Waals surface area contributed by atoms with Crippen molar-refractivity contribution in [3.8, 4) is 5.75 Å². The Morgan fingerprint density at radius 2 is 1.67 bits per heavy atom. The summed E-state index contributed by atoms with van der Waals surface area (Å²) in [6.07, 6.45) is 0. The van der Waals surface area contributed by atoms with Crippen molar-refractivity contribution in [2.45, 2.75) is 4.83 Å². The molecule has 18 heavy (non-hydrogen) atoms. The second-order valence-corrected chi connectivity index (χ2v) is 5.99. The molecule has 0 N–H and O–H groups in total. The minimum Gasteiger partial charge on any atom is -0.497 e. The summed E-state index contributed by atoms with van der Waals surface area (Å²) < 4.78 is 6.05. The zero-order chi connectivity index (χ0) is 13.1. The Hall–Kier alpha value is -0.510. The average Bonchev–Trinajstić information content (AvgIpc) is 2.41. The van der Waals surface area contributed by atoms with Crippen molar-refractivity contribution in [1.82, 2.24) is 0 Å². The van der Waals surface area contributed by atoms with Gasteiger partial charge in [-0.1, -0.05) is 45.7 Å². The molecule has 0 spiro atoms. The maximum atomic E-state index is 6.11. The summed E-state index contributed by atoms with van der Waals surface area (Å²) in [5.41, 5.74) is 2.28. The van der Waals surface area contributed by atoms with Crippen LogP contribution in [0.5, 0.6) is 5.75 Å². The molecule has 0 aliphatic rings. The highest BCUT2D eigenvalue weighted by Crippen LogP contribution is 2.34. The smallest absolute Gasteiger partial charge is 0.118 e. The number of hydrogen-bond donors (Lipinski definition) is 0. The lowest BCUT2D eigenvalue weighted by molar-refractivity contribution is 0.414. The van der Waals surface area contributed by atoms with Gasteiger partial charge in [-0.05, 0) is 51.3 Å². The van der Waals surface area contributed by atoms with Crippen molar-refractivity contribution in [1.29, 1.82) is 0 Å². The zero-order valence-electron chi connectivity index (χ0n) is 9.66. The van der Waals surface area contributed by atoms with E-state index in [1.54, 1.807) is 7.11 Å². The van der Waals surface area contributed by atoms with Gasteiger partial charge in [-0.25, -0.2) is 0 Å². The molecule has 0 aliphatic carbocycles. The van der Waals surface area contributed by atoms with Crippen LogP contribution < -0.4 is 4.74 Å². The van der Waals surface area contributed by atoms with Crippen molar-refractivity contribution in [2.24, 2.45) is 0 Å². The predicted molar refractivity (Wildman–Crippen MR) is 82.9 cm³/mol. The molecule has 0 aromatic heterocycles. The van der Waals surface area contributed by atoms with E-state index in [4.69, 9.17) is 16.3 Å². The van der Waals surface area contributed by atoms with Crippen LogP contribution in [0.4, 0.5) is 0 Å². The fraction of sp³-hybridized carbons (Fsp3) is 0.143. The topological polar surface area (TPSA) is 9.23 Å². The SMILES string of the molecule is COc1ccc(C(Br)c2ccc(Br)c(Cl)c2)cc1. The Morgan fingerprint density at radius 1 is 1.06 bits per heavy atom. The summed E-state index contributed by atoms with van der Waals surface area (Å²) >= 11 is 13.2. The molecule has 94 valence electrons. The monoisotopic (exact) mass is 388 g/mol. The quantitative estimate of drug-likeness (QED) is 0.620. The molecular formula is C14H11Br2ClO. The van der Waals surface area contributed by atoms with Gasteiger partial charge in [0.2, 0.25) is 0 Å². The van der Waals surface area contributed by atoms with Crippen molar-refractivity contribution in [2.75, 3.05) is 7.11 Å². The number of benzene rings is 2. The van der Waals surface area contributed by atoms with Crippen molar-refractivity contribution < 1.29 is 4.74 Å². The van der Waals surface area contributed by atoms with Gasteiger partial charge in [0.25, 0.3) is 0 Å². The van der Waals surface area contributed by atoms with Crippen LogP contribution >= 0.6 is 43.5 Å². The van der Waals surface area contributed by atoms with E-state index < -0.39 is 0 Å². The molecule has 1 unspecified atom stereocenters. The molecule has 2 aromatic carbocycles. The summed E-state index contributed by atoms with van der Waals surface area (Å²) in [7, 11) is 1.66. The van der Waals surface area contributed by atoms with Crippen molar-refractivity contribution in [3.63, 3.8) is 0 Å². The first-order valence-electron chi connectivity index (χ1n) is 5.35. The summed E-state index contributed by atoms with van der Waals surface area (Å²) in [4.78, 5) is 0.119. The lowest BCUT2D eigenvalue weighted by atomic mass is 10.0. The van der Waals surface area contributed by atoms with Crippen LogP contribution in [0.1, 0.15) is 16.0 Å². The van der Waals surface area contributed by atoms with Gasteiger partial charge in [0, 0.05) is 4.47 Å². The number of ether oxygens (including phenoxy) is 1. The van der Waals surface area contributed by atoms with E-state index >= 15 is 0 Å². The average molecular weight is 391 g/mol. The van der Waals surface area contributed by atoms with Crippen molar-refractivity contribution in [3.05, 3.63) is 63.1 Å². The highest BCUT2D eigenvalue weighted by molar-refractivity contribution is 9.10. The maximum Gasteiger partial charge on any atom is 0.118 e. The van der Waals surface area contributed by atoms with Gasteiger partial charge in [0.05, 0.1) is 17.0 Å². The number of halogens is 3. The van der Waals surface area contributed by atoms with Crippen LogP contribution in [0.15, 0.2) is 46.9 Å². The molecular weight excluding hydrogens is 379 g/mol. The van der Waals surface area contributed by atoms with Crippen molar-refractivity contribution >= 4 is 43.5 Å². The number of alkyl halides is 1. The van der Waals surface area contributed by atoms with E-state index in [0.29, 0.717) is 5.02 Å². The van der Waals surface area contributed by atoms with E-state index in [9.17, 15) is 0 Å². The molecule has 2 rings (SSSR count). The molecule has 4 heteroatoms. The second-order valence-electron chi connectivity index (χ2n) is 3.81. The van der Waals surface area contributed by atoms with E-state index in [0.717, 1.165) is 21.3 Å². The largest absolute Gasteiger partial charge is 0.497 e. The normalized spacial score (nSPS) is 12.2. The minimum atomic E-state index is 0.119. The van der Waals surface area contributed by atoms with Gasteiger partial charge in [0.1, 0.15) is 5.75 Å². The molecule has 0 heterocycles. The predicted octanol–water partition coefficient (Wildman–Crippen LogP) is 5.60. The molecule has 0 radical (unpaired) electrons. The molecule has 0 bridgehead atoms.